The van der Waals surface area contributed by atoms with Gasteiger partial charge < -0.3 is 15.5 Å². The fourth-order valence-electron chi connectivity index (χ4n) is 1.50. The van der Waals surface area contributed by atoms with Crippen LogP contribution in [0.5, 0.6) is 5.88 Å². The molecule has 2 aromatic rings. The number of nitrogens with one attached hydrogen (secondary N) is 2. The van der Waals surface area contributed by atoms with E-state index in [0.29, 0.717) is 5.56 Å². The summed E-state index contributed by atoms with van der Waals surface area (Å²) in [7, 11) is 0. The highest BCUT2D eigenvalue weighted by Gasteiger charge is 2.09. The molecule has 0 saturated carbocycles. The number of H-pyrrole nitrogens is 1. The van der Waals surface area contributed by atoms with Gasteiger partial charge in [0.1, 0.15) is 0 Å². The predicted molar refractivity (Wildman–Crippen MR) is 70.3 cm³/mol. The van der Waals surface area contributed by atoms with Crippen LogP contribution in [0.4, 0.5) is 0 Å². The molecule has 0 amide bonds. The summed E-state index contributed by atoms with van der Waals surface area (Å²) in [5.41, 5.74) is 1.41. The van der Waals surface area contributed by atoms with Crippen LogP contribution in [0.2, 0.25) is 0 Å². The van der Waals surface area contributed by atoms with Crippen molar-refractivity contribution < 1.29 is 5.11 Å². The van der Waals surface area contributed by atoms with Gasteiger partial charge in [-0.1, -0.05) is 27.5 Å². The molecule has 0 saturated heterocycles. The van der Waals surface area contributed by atoms with Gasteiger partial charge in [-0.05, 0) is 24.3 Å². The quantitative estimate of drug-likeness (QED) is 0.724. The summed E-state index contributed by atoms with van der Waals surface area (Å²) in [5, 5.41) is 17.8. The Bertz CT molecular complexity index is 589. The van der Waals surface area contributed by atoms with Crippen molar-refractivity contribution in [3.8, 4) is 5.88 Å². The first-order chi connectivity index (χ1) is 7.61. The average molecular weight is 300 g/mol. The third-order valence-corrected chi connectivity index (χ3v) is 2.91. The second-order valence-corrected chi connectivity index (χ2v) is 4.60. The highest BCUT2D eigenvalue weighted by molar-refractivity contribution is 9.10. The molecule has 1 aromatic heterocycles. The van der Waals surface area contributed by atoms with Crippen LogP contribution in [0, 0.1) is 5.41 Å². The Morgan fingerprint density at radius 3 is 2.94 bits per heavy atom. The minimum atomic E-state index is 0.0492. The molecule has 0 aliphatic heterocycles. The molecule has 3 nitrogen and oxygen atoms in total. The monoisotopic (exact) mass is 298 g/mol. The molecule has 0 fully saturated rings. The number of halogens is 2. The normalized spacial score (nSPS) is 12.0. The van der Waals surface area contributed by atoms with Crippen LogP contribution in [0.25, 0.3) is 17.0 Å². The van der Waals surface area contributed by atoms with Crippen molar-refractivity contribution in [3.63, 3.8) is 0 Å². The summed E-state index contributed by atoms with van der Waals surface area (Å²) < 4.78 is 0.916. The van der Waals surface area contributed by atoms with Crippen LogP contribution in [0.1, 0.15) is 5.56 Å². The van der Waals surface area contributed by atoms with Crippen molar-refractivity contribution in [2.24, 2.45) is 0 Å². The molecule has 1 heterocycles. The predicted octanol–water partition coefficient (Wildman–Crippen LogP) is 3.87. The van der Waals surface area contributed by atoms with Crippen LogP contribution >= 0.6 is 27.5 Å². The van der Waals surface area contributed by atoms with Gasteiger partial charge in [-0.3, -0.25) is 0 Å². The summed E-state index contributed by atoms with van der Waals surface area (Å²) in [6, 6.07) is 5.62. The zero-order valence-electron chi connectivity index (χ0n) is 8.09. The molecule has 0 aliphatic rings. The van der Waals surface area contributed by atoms with E-state index in [4.69, 9.17) is 17.0 Å². The molecule has 0 radical (unpaired) electrons. The number of aromatic nitrogens is 1. The molecule has 5 heteroatoms. The van der Waals surface area contributed by atoms with E-state index in [9.17, 15) is 5.11 Å². The van der Waals surface area contributed by atoms with Crippen molar-refractivity contribution in [3.05, 3.63) is 33.3 Å². The summed E-state index contributed by atoms with van der Waals surface area (Å²) in [4.78, 5) is 2.84. The van der Waals surface area contributed by atoms with Gasteiger partial charge in [-0.25, -0.2) is 0 Å². The minimum Gasteiger partial charge on any atom is -0.494 e. The van der Waals surface area contributed by atoms with Gasteiger partial charge in [0.05, 0.1) is 5.03 Å². The molecular weight excluding hydrogens is 291 g/mol. The Morgan fingerprint density at radius 1 is 1.50 bits per heavy atom. The van der Waals surface area contributed by atoms with Crippen LogP contribution in [0.15, 0.2) is 27.7 Å². The van der Waals surface area contributed by atoms with Gasteiger partial charge in [0.2, 0.25) is 0 Å². The van der Waals surface area contributed by atoms with Crippen molar-refractivity contribution in [2.45, 2.75) is 0 Å². The van der Waals surface area contributed by atoms with E-state index in [-0.39, 0.29) is 10.9 Å². The lowest BCUT2D eigenvalue weighted by Gasteiger charge is -1.94. The Kier molecular flexibility index (Phi) is 3.03. The number of hydrogen-bond donors (Lipinski definition) is 3. The smallest absolute Gasteiger partial charge is 0.196 e. The average Bonchev–Trinajstić information content (AvgIpc) is 2.55. The maximum absolute atomic E-state index is 9.72. The molecule has 0 aliphatic carbocycles. The Balaban J connectivity index is 2.72. The number of aromatic amines is 1. The van der Waals surface area contributed by atoms with Gasteiger partial charge in [0.15, 0.2) is 5.88 Å². The molecule has 16 heavy (non-hydrogen) atoms. The highest BCUT2D eigenvalue weighted by atomic mass is 79.9. The first-order valence-corrected chi connectivity index (χ1v) is 5.67. The van der Waals surface area contributed by atoms with Gasteiger partial charge in [-0.2, -0.15) is 0 Å². The molecule has 0 bridgehead atoms. The first-order valence-electron chi connectivity index (χ1n) is 4.49. The van der Waals surface area contributed by atoms with E-state index < -0.39 is 0 Å². The summed E-state index contributed by atoms with van der Waals surface area (Å²) >= 11 is 9.12. The molecule has 0 unspecified atom stereocenters. The van der Waals surface area contributed by atoms with Crippen molar-refractivity contribution in [1.82, 2.24) is 4.98 Å². The Morgan fingerprint density at radius 2 is 2.25 bits per heavy atom. The third-order valence-electron chi connectivity index (χ3n) is 2.20. The molecule has 82 valence electrons. The number of rotatable bonds is 2. The van der Waals surface area contributed by atoms with Crippen LogP contribution < -0.4 is 0 Å². The molecule has 0 atom stereocenters. The lowest BCUT2D eigenvalue weighted by molar-refractivity contribution is 0.457. The Labute approximate surface area is 105 Å². The zero-order chi connectivity index (χ0) is 11.7. The fourth-order valence-corrected chi connectivity index (χ4v) is 1.97. The summed E-state index contributed by atoms with van der Waals surface area (Å²) in [6.07, 6.45) is 2.58. The largest absolute Gasteiger partial charge is 0.494 e. The van der Waals surface area contributed by atoms with Crippen molar-refractivity contribution in [1.29, 1.82) is 5.41 Å². The summed E-state index contributed by atoms with van der Waals surface area (Å²) in [6.45, 7) is 0. The topological polar surface area (TPSA) is 59.9 Å². The first kappa shape index (κ1) is 11.2. The van der Waals surface area contributed by atoms with Gasteiger partial charge in [0, 0.05) is 27.2 Å². The SMILES string of the molecule is N=C/C(Cl)=C\c1c(O)[nH]c2ccc(Br)cc12. The maximum Gasteiger partial charge on any atom is 0.196 e. The highest BCUT2D eigenvalue weighted by Crippen LogP contribution is 2.31. The van der Waals surface area contributed by atoms with E-state index in [1.807, 2.05) is 18.2 Å². The van der Waals surface area contributed by atoms with Crippen LogP contribution in [0.3, 0.4) is 0 Å². The number of fused-ring (bicyclic) bond motifs is 1. The van der Waals surface area contributed by atoms with E-state index in [1.165, 1.54) is 0 Å². The standard InChI is InChI=1S/C11H8BrClN2O/c12-6-1-2-10-8(3-6)9(11(16)15-10)4-7(13)5-14/h1-5,14-16H/b7-4+,14-5?. The number of hydrogen-bond acceptors (Lipinski definition) is 2. The van der Waals surface area contributed by atoms with Crippen molar-refractivity contribution in [2.75, 3.05) is 0 Å². The maximum atomic E-state index is 9.72. The number of aromatic hydroxyl groups is 1. The zero-order valence-corrected chi connectivity index (χ0v) is 10.4. The van der Waals surface area contributed by atoms with Crippen LogP contribution in [-0.4, -0.2) is 16.3 Å². The van der Waals surface area contributed by atoms with Crippen molar-refractivity contribution >= 4 is 50.7 Å². The molecular formula is C11H8BrClN2O. The number of allylic oxidation sites excluding steroid dienone is 1. The Hall–Kier alpha value is -1.26. The lowest BCUT2D eigenvalue weighted by atomic mass is 10.1. The van der Waals surface area contributed by atoms with E-state index >= 15 is 0 Å². The summed E-state index contributed by atoms with van der Waals surface area (Å²) in [5.74, 6) is 0.0492. The minimum absolute atomic E-state index is 0.0492. The van der Waals surface area contributed by atoms with E-state index in [2.05, 4.69) is 20.9 Å². The van der Waals surface area contributed by atoms with Gasteiger partial charge >= 0.3 is 0 Å². The second-order valence-electron chi connectivity index (χ2n) is 3.25. The third kappa shape index (κ3) is 1.99. The molecule has 2 rings (SSSR count). The number of benzene rings is 1. The fraction of sp³-hybridized carbons (Fsp3) is 0. The van der Waals surface area contributed by atoms with E-state index in [1.54, 1.807) is 6.08 Å². The van der Waals surface area contributed by atoms with E-state index in [0.717, 1.165) is 21.6 Å². The second kappa shape index (κ2) is 4.31. The van der Waals surface area contributed by atoms with Gasteiger partial charge in [-0.15, -0.1) is 0 Å². The van der Waals surface area contributed by atoms with Crippen LogP contribution in [-0.2, 0) is 0 Å². The molecule has 0 spiro atoms. The van der Waals surface area contributed by atoms with Gasteiger partial charge in [0.25, 0.3) is 0 Å². The lowest BCUT2D eigenvalue weighted by Crippen LogP contribution is -1.74. The molecule has 3 N–H and O–H groups in total. The molecule has 1 aromatic carbocycles.